The average molecular weight is 286 g/mol. The van der Waals surface area contributed by atoms with Gasteiger partial charge >= 0.3 is 0 Å². The summed E-state index contributed by atoms with van der Waals surface area (Å²) in [5.74, 6) is -0.152. The van der Waals surface area contributed by atoms with Gasteiger partial charge in [-0.1, -0.05) is 0 Å². The summed E-state index contributed by atoms with van der Waals surface area (Å²) in [7, 11) is 3.96. The first-order chi connectivity index (χ1) is 7.52. The van der Waals surface area contributed by atoms with Crippen LogP contribution in [0, 0.1) is 0 Å². The molecule has 0 aliphatic carbocycles. The van der Waals surface area contributed by atoms with Crippen LogP contribution in [0.4, 0.5) is 0 Å². The Hall–Kier alpha value is -0.940. The molecule has 4 nitrogen and oxygen atoms in total. The lowest BCUT2D eigenvalue weighted by Crippen LogP contribution is -2.38. The second-order valence-electron chi connectivity index (χ2n) is 3.86. The third-order valence-electron chi connectivity index (χ3n) is 2.41. The summed E-state index contributed by atoms with van der Waals surface area (Å²) in [5.41, 5.74) is 0.424. The Morgan fingerprint density at radius 3 is 2.88 bits per heavy atom. The summed E-state index contributed by atoms with van der Waals surface area (Å²) in [6.07, 6.45) is 1.61. The quantitative estimate of drug-likeness (QED) is 0.913. The summed E-state index contributed by atoms with van der Waals surface area (Å²) < 4.78 is 0.713. The molecule has 1 N–H and O–H groups in total. The van der Waals surface area contributed by atoms with E-state index in [1.165, 1.54) is 0 Å². The van der Waals surface area contributed by atoms with Crippen LogP contribution in [0.2, 0.25) is 0 Å². The molecule has 1 aromatic heterocycles. The molecule has 1 amide bonds. The van der Waals surface area contributed by atoms with Crippen molar-refractivity contribution < 1.29 is 4.79 Å². The summed E-state index contributed by atoms with van der Waals surface area (Å²) in [4.78, 5) is 17.8. The molecule has 1 rings (SSSR count). The first kappa shape index (κ1) is 13.1. The van der Waals surface area contributed by atoms with E-state index in [1.54, 1.807) is 18.3 Å². The van der Waals surface area contributed by atoms with Crippen LogP contribution in [-0.4, -0.2) is 42.5 Å². The molecule has 0 aliphatic rings. The van der Waals surface area contributed by atoms with Crippen molar-refractivity contribution in [3.8, 4) is 0 Å². The third kappa shape index (κ3) is 3.57. The summed E-state index contributed by atoms with van der Waals surface area (Å²) in [6, 6.07) is 3.88. The number of hydrogen-bond acceptors (Lipinski definition) is 3. The fourth-order valence-electron chi connectivity index (χ4n) is 1.06. The molecule has 5 heteroatoms. The SMILES string of the molecule is CC(CNC(=O)c1ncccc1Br)N(C)C. The number of amides is 1. The Balaban J connectivity index is 2.57. The molecule has 1 heterocycles. The van der Waals surface area contributed by atoms with Gasteiger partial charge in [0.1, 0.15) is 5.69 Å². The normalized spacial score (nSPS) is 12.6. The summed E-state index contributed by atoms with van der Waals surface area (Å²) in [6.45, 7) is 2.66. The molecule has 0 spiro atoms. The van der Waals surface area contributed by atoms with Crippen LogP contribution in [0.1, 0.15) is 17.4 Å². The largest absolute Gasteiger partial charge is 0.349 e. The second kappa shape index (κ2) is 5.96. The van der Waals surface area contributed by atoms with Crippen molar-refractivity contribution >= 4 is 21.8 Å². The van der Waals surface area contributed by atoms with Crippen LogP contribution >= 0.6 is 15.9 Å². The molecule has 1 unspecified atom stereocenters. The number of carbonyl (C=O) groups excluding carboxylic acids is 1. The van der Waals surface area contributed by atoms with Crippen molar-refractivity contribution in [2.45, 2.75) is 13.0 Å². The molecule has 88 valence electrons. The van der Waals surface area contributed by atoms with Gasteiger partial charge in [-0.3, -0.25) is 4.79 Å². The van der Waals surface area contributed by atoms with Gasteiger partial charge in [0.25, 0.3) is 5.91 Å². The van der Waals surface area contributed by atoms with Crippen LogP contribution in [0.25, 0.3) is 0 Å². The molecular formula is C11H16BrN3O. The van der Waals surface area contributed by atoms with Crippen LogP contribution in [0.3, 0.4) is 0 Å². The number of pyridine rings is 1. The number of likely N-dealkylation sites (N-methyl/N-ethyl adjacent to an activating group) is 1. The van der Waals surface area contributed by atoms with Crippen molar-refractivity contribution in [1.29, 1.82) is 0 Å². The molecule has 1 atom stereocenters. The number of halogens is 1. The molecule has 0 aromatic carbocycles. The highest BCUT2D eigenvalue weighted by Gasteiger charge is 2.12. The van der Waals surface area contributed by atoms with Crippen LogP contribution in [-0.2, 0) is 0 Å². The Morgan fingerprint density at radius 2 is 2.31 bits per heavy atom. The predicted molar refractivity (Wildman–Crippen MR) is 67.4 cm³/mol. The Morgan fingerprint density at radius 1 is 1.62 bits per heavy atom. The Kier molecular flexibility index (Phi) is 4.89. The second-order valence-corrected chi connectivity index (χ2v) is 4.71. The zero-order valence-corrected chi connectivity index (χ0v) is 11.3. The van der Waals surface area contributed by atoms with E-state index < -0.39 is 0 Å². The third-order valence-corrected chi connectivity index (χ3v) is 3.05. The topological polar surface area (TPSA) is 45.2 Å². The summed E-state index contributed by atoms with van der Waals surface area (Å²) >= 11 is 3.30. The van der Waals surface area contributed by atoms with Crippen molar-refractivity contribution in [2.24, 2.45) is 0 Å². The number of rotatable bonds is 4. The maximum Gasteiger partial charge on any atom is 0.271 e. The van der Waals surface area contributed by atoms with Crippen LogP contribution < -0.4 is 5.32 Å². The van der Waals surface area contributed by atoms with Crippen molar-refractivity contribution in [1.82, 2.24) is 15.2 Å². The predicted octanol–water partition coefficient (Wildman–Crippen LogP) is 1.52. The zero-order valence-electron chi connectivity index (χ0n) is 9.70. The van der Waals surface area contributed by atoms with Gasteiger partial charge < -0.3 is 10.2 Å². The van der Waals surface area contributed by atoms with Crippen molar-refractivity contribution in [2.75, 3.05) is 20.6 Å². The minimum absolute atomic E-state index is 0.152. The molecular weight excluding hydrogens is 270 g/mol. The van der Waals surface area contributed by atoms with Gasteiger partial charge in [-0.25, -0.2) is 4.98 Å². The standard InChI is InChI=1S/C11H16BrN3O/c1-8(15(2)3)7-14-11(16)10-9(12)5-4-6-13-10/h4-6,8H,7H2,1-3H3,(H,14,16). The van der Waals surface area contributed by atoms with Gasteiger partial charge in [-0.2, -0.15) is 0 Å². The molecule has 0 fully saturated rings. The first-order valence-electron chi connectivity index (χ1n) is 5.07. The number of nitrogens with zero attached hydrogens (tertiary/aromatic N) is 2. The van der Waals surface area contributed by atoms with E-state index in [0.717, 1.165) is 0 Å². The highest BCUT2D eigenvalue weighted by molar-refractivity contribution is 9.10. The maximum absolute atomic E-state index is 11.8. The van der Waals surface area contributed by atoms with E-state index in [2.05, 4.69) is 26.2 Å². The molecule has 0 aliphatic heterocycles. The van der Waals surface area contributed by atoms with Crippen LogP contribution in [0.5, 0.6) is 0 Å². The molecule has 0 radical (unpaired) electrons. The van der Waals surface area contributed by atoms with Crippen LogP contribution in [0.15, 0.2) is 22.8 Å². The van der Waals surface area contributed by atoms with E-state index in [-0.39, 0.29) is 5.91 Å². The number of hydrogen-bond donors (Lipinski definition) is 1. The Bertz CT molecular complexity index is 368. The molecule has 0 saturated carbocycles. The Labute approximate surface area is 104 Å². The van der Waals surface area contributed by atoms with Gasteiger partial charge in [0.15, 0.2) is 0 Å². The molecule has 1 aromatic rings. The van der Waals surface area contributed by atoms with Gasteiger partial charge in [0.05, 0.1) is 0 Å². The lowest BCUT2D eigenvalue weighted by molar-refractivity contribution is 0.0938. The van der Waals surface area contributed by atoms with E-state index >= 15 is 0 Å². The fourth-order valence-corrected chi connectivity index (χ4v) is 1.49. The van der Waals surface area contributed by atoms with E-state index in [0.29, 0.717) is 22.8 Å². The van der Waals surface area contributed by atoms with Gasteiger partial charge in [-0.15, -0.1) is 0 Å². The van der Waals surface area contributed by atoms with Gasteiger partial charge in [0, 0.05) is 23.3 Å². The number of aromatic nitrogens is 1. The smallest absolute Gasteiger partial charge is 0.271 e. The van der Waals surface area contributed by atoms with E-state index in [4.69, 9.17) is 0 Å². The first-order valence-corrected chi connectivity index (χ1v) is 5.87. The van der Waals surface area contributed by atoms with Gasteiger partial charge in [-0.05, 0) is 49.1 Å². The minimum Gasteiger partial charge on any atom is -0.349 e. The maximum atomic E-state index is 11.8. The highest BCUT2D eigenvalue weighted by Crippen LogP contribution is 2.12. The number of carbonyl (C=O) groups is 1. The van der Waals surface area contributed by atoms with Crippen molar-refractivity contribution in [3.05, 3.63) is 28.5 Å². The lowest BCUT2D eigenvalue weighted by Gasteiger charge is -2.19. The zero-order chi connectivity index (χ0) is 12.1. The van der Waals surface area contributed by atoms with E-state index in [9.17, 15) is 4.79 Å². The lowest BCUT2D eigenvalue weighted by atomic mass is 10.3. The molecule has 16 heavy (non-hydrogen) atoms. The number of nitrogens with one attached hydrogen (secondary N) is 1. The molecule has 0 bridgehead atoms. The van der Waals surface area contributed by atoms with E-state index in [1.807, 2.05) is 25.9 Å². The highest BCUT2D eigenvalue weighted by atomic mass is 79.9. The van der Waals surface area contributed by atoms with Gasteiger partial charge in [0.2, 0.25) is 0 Å². The van der Waals surface area contributed by atoms with Crippen molar-refractivity contribution in [3.63, 3.8) is 0 Å². The minimum atomic E-state index is -0.152. The summed E-state index contributed by atoms with van der Waals surface area (Å²) in [5, 5.41) is 2.85. The average Bonchev–Trinajstić information content (AvgIpc) is 2.25. The fraction of sp³-hybridized carbons (Fsp3) is 0.455. The molecule has 0 saturated heterocycles. The monoisotopic (exact) mass is 285 g/mol.